The molecule has 4 heterocycles. The molecule has 0 aliphatic carbocycles. The number of aromatic nitrogens is 5. The van der Waals surface area contributed by atoms with E-state index in [1.54, 1.807) is 10.7 Å². The van der Waals surface area contributed by atoms with Gasteiger partial charge in [0.2, 0.25) is 5.82 Å². The van der Waals surface area contributed by atoms with E-state index in [4.69, 9.17) is 0 Å². The van der Waals surface area contributed by atoms with Gasteiger partial charge >= 0.3 is 0 Å². The van der Waals surface area contributed by atoms with Crippen LogP contribution >= 0.6 is 0 Å². The van der Waals surface area contributed by atoms with E-state index in [1.807, 2.05) is 24.0 Å². The highest BCUT2D eigenvalue weighted by molar-refractivity contribution is 5.91. The van der Waals surface area contributed by atoms with E-state index in [1.165, 1.54) is 16.5 Å². The van der Waals surface area contributed by atoms with Crippen LogP contribution in [0.4, 0.5) is 0 Å². The van der Waals surface area contributed by atoms with Crippen LogP contribution in [-0.2, 0) is 0 Å². The number of likely N-dealkylation sites (tertiary alicyclic amines) is 1. The average Bonchev–Trinajstić information content (AvgIpc) is 3.33. The minimum Gasteiger partial charge on any atom is -0.361 e. The van der Waals surface area contributed by atoms with Gasteiger partial charge in [-0.25, -0.2) is 9.50 Å². The Morgan fingerprint density at radius 1 is 1.19 bits per heavy atom. The Morgan fingerprint density at radius 3 is 2.81 bits per heavy atom. The zero-order valence-electron chi connectivity index (χ0n) is 15.1. The first-order valence-corrected chi connectivity index (χ1v) is 9.24. The highest BCUT2D eigenvalue weighted by atomic mass is 16.2. The third-order valence-corrected chi connectivity index (χ3v) is 5.46. The molecule has 1 amide bonds. The van der Waals surface area contributed by atoms with Crippen LogP contribution in [0.3, 0.4) is 0 Å². The predicted octanol–water partition coefficient (Wildman–Crippen LogP) is 2.93. The molecule has 27 heavy (non-hydrogen) atoms. The smallest absolute Gasteiger partial charge is 0.293 e. The number of rotatable bonds is 2. The van der Waals surface area contributed by atoms with Gasteiger partial charge in [-0.3, -0.25) is 4.79 Å². The molecule has 5 rings (SSSR count). The van der Waals surface area contributed by atoms with Crippen LogP contribution in [0.15, 0.2) is 42.7 Å². The van der Waals surface area contributed by atoms with Crippen molar-refractivity contribution in [3.8, 4) is 0 Å². The van der Waals surface area contributed by atoms with E-state index in [0.717, 1.165) is 18.5 Å². The standard InChI is InChI=1S/C20H20N6O/c1-13-6-9-21-20-23-18(24-26(13)20)19(27)25-10-7-14(8-11-25)16-12-22-17-5-3-2-4-15(16)17/h2-6,9,12,14,22H,7-8,10-11H2,1H3. The highest BCUT2D eigenvalue weighted by Gasteiger charge is 2.28. The topological polar surface area (TPSA) is 79.2 Å². The number of para-hydroxylation sites is 1. The Labute approximate surface area is 156 Å². The molecule has 4 aromatic rings. The lowest BCUT2D eigenvalue weighted by molar-refractivity contribution is 0.0701. The molecule has 7 heteroatoms. The molecule has 1 N–H and O–H groups in total. The Bertz CT molecular complexity index is 1140. The van der Waals surface area contributed by atoms with Crippen molar-refractivity contribution >= 4 is 22.6 Å². The monoisotopic (exact) mass is 360 g/mol. The SMILES string of the molecule is Cc1ccnc2nc(C(=O)N3CCC(c4c[nH]c5ccccc45)CC3)nn12. The van der Waals surface area contributed by atoms with Gasteiger partial charge in [0.05, 0.1) is 0 Å². The van der Waals surface area contributed by atoms with E-state index in [0.29, 0.717) is 24.8 Å². The first kappa shape index (κ1) is 16.0. The minimum absolute atomic E-state index is 0.114. The summed E-state index contributed by atoms with van der Waals surface area (Å²) in [4.78, 5) is 26.5. The summed E-state index contributed by atoms with van der Waals surface area (Å²) >= 11 is 0. The van der Waals surface area contributed by atoms with Gasteiger partial charge in [-0.15, -0.1) is 5.10 Å². The molecule has 0 saturated carbocycles. The number of hydrogen-bond donors (Lipinski definition) is 1. The Balaban J connectivity index is 1.33. The van der Waals surface area contributed by atoms with Crippen molar-refractivity contribution in [2.45, 2.75) is 25.7 Å². The van der Waals surface area contributed by atoms with Crippen LogP contribution in [0.2, 0.25) is 0 Å². The molecule has 1 fully saturated rings. The molecule has 0 atom stereocenters. The summed E-state index contributed by atoms with van der Waals surface area (Å²) < 4.78 is 1.62. The largest absolute Gasteiger partial charge is 0.361 e. The summed E-state index contributed by atoms with van der Waals surface area (Å²) in [6.07, 6.45) is 5.68. The van der Waals surface area contributed by atoms with Crippen LogP contribution < -0.4 is 0 Å². The number of carbonyl (C=O) groups excluding carboxylic acids is 1. The van der Waals surface area contributed by atoms with E-state index < -0.39 is 0 Å². The van der Waals surface area contributed by atoms with Crippen molar-refractivity contribution in [1.29, 1.82) is 0 Å². The van der Waals surface area contributed by atoms with Crippen molar-refractivity contribution in [1.82, 2.24) is 29.5 Å². The molecule has 0 unspecified atom stereocenters. The molecule has 1 aliphatic rings. The van der Waals surface area contributed by atoms with Gasteiger partial charge in [-0.1, -0.05) is 18.2 Å². The summed E-state index contributed by atoms with van der Waals surface area (Å²) in [6, 6.07) is 10.2. The van der Waals surface area contributed by atoms with Gasteiger partial charge in [-0.05, 0) is 43.4 Å². The number of piperidine rings is 1. The molecular formula is C20H20N6O. The van der Waals surface area contributed by atoms with Crippen molar-refractivity contribution in [2.75, 3.05) is 13.1 Å². The van der Waals surface area contributed by atoms with E-state index in [9.17, 15) is 4.79 Å². The van der Waals surface area contributed by atoms with Crippen molar-refractivity contribution < 1.29 is 4.79 Å². The van der Waals surface area contributed by atoms with Crippen molar-refractivity contribution in [3.63, 3.8) is 0 Å². The van der Waals surface area contributed by atoms with Gasteiger partial charge in [-0.2, -0.15) is 4.98 Å². The van der Waals surface area contributed by atoms with E-state index in [-0.39, 0.29) is 11.7 Å². The fourth-order valence-electron chi connectivity index (χ4n) is 3.96. The quantitative estimate of drug-likeness (QED) is 0.596. The normalized spacial score (nSPS) is 15.7. The number of nitrogens with one attached hydrogen (secondary N) is 1. The number of aromatic amines is 1. The van der Waals surface area contributed by atoms with Crippen molar-refractivity contribution in [2.24, 2.45) is 0 Å². The number of nitrogens with zero attached hydrogens (tertiary/aromatic N) is 5. The lowest BCUT2D eigenvalue weighted by atomic mass is 9.89. The second-order valence-corrected chi connectivity index (χ2v) is 7.09. The predicted molar refractivity (Wildman–Crippen MR) is 102 cm³/mol. The van der Waals surface area contributed by atoms with Gasteiger partial charge < -0.3 is 9.88 Å². The second kappa shape index (κ2) is 6.19. The van der Waals surface area contributed by atoms with Gasteiger partial charge in [0.15, 0.2) is 0 Å². The van der Waals surface area contributed by atoms with Crippen LogP contribution in [0, 0.1) is 6.92 Å². The lowest BCUT2D eigenvalue weighted by Crippen LogP contribution is -2.38. The summed E-state index contributed by atoms with van der Waals surface area (Å²) in [5, 5.41) is 5.63. The molecule has 1 aliphatic heterocycles. The van der Waals surface area contributed by atoms with Crippen LogP contribution in [0.5, 0.6) is 0 Å². The number of carbonyl (C=O) groups is 1. The summed E-state index contributed by atoms with van der Waals surface area (Å²) in [5.41, 5.74) is 3.43. The molecule has 0 radical (unpaired) electrons. The van der Waals surface area contributed by atoms with Gasteiger partial charge in [0.25, 0.3) is 11.7 Å². The Hall–Kier alpha value is -3.22. The van der Waals surface area contributed by atoms with Crippen LogP contribution in [-0.4, -0.2) is 48.5 Å². The zero-order valence-corrected chi connectivity index (χ0v) is 15.1. The molecule has 0 spiro atoms. The van der Waals surface area contributed by atoms with Crippen LogP contribution in [0.25, 0.3) is 16.7 Å². The number of aryl methyl sites for hydroxylation is 1. The Kier molecular flexibility index (Phi) is 3.67. The summed E-state index contributed by atoms with van der Waals surface area (Å²) in [6.45, 7) is 3.35. The molecule has 7 nitrogen and oxygen atoms in total. The molecule has 136 valence electrons. The number of hydrogen-bond acceptors (Lipinski definition) is 4. The second-order valence-electron chi connectivity index (χ2n) is 7.09. The van der Waals surface area contributed by atoms with E-state index >= 15 is 0 Å². The lowest BCUT2D eigenvalue weighted by Gasteiger charge is -2.31. The maximum atomic E-state index is 12.8. The number of benzene rings is 1. The number of fused-ring (bicyclic) bond motifs is 2. The fraction of sp³-hybridized carbons (Fsp3) is 0.300. The summed E-state index contributed by atoms with van der Waals surface area (Å²) in [7, 11) is 0. The van der Waals surface area contributed by atoms with E-state index in [2.05, 4.69) is 44.4 Å². The maximum Gasteiger partial charge on any atom is 0.293 e. The highest BCUT2D eigenvalue weighted by Crippen LogP contribution is 2.33. The van der Waals surface area contributed by atoms with Gasteiger partial charge in [0.1, 0.15) is 0 Å². The van der Waals surface area contributed by atoms with Crippen LogP contribution in [0.1, 0.15) is 40.6 Å². The fourth-order valence-corrected chi connectivity index (χ4v) is 3.96. The molecule has 0 bridgehead atoms. The number of amides is 1. The number of H-pyrrole nitrogens is 1. The van der Waals surface area contributed by atoms with Crippen molar-refractivity contribution in [3.05, 3.63) is 59.8 Å². The first-order chi connectivity index (χ1) is 13.2. The average molecular weight is 360 g/mol. The minimum atomic E-state index is -0.114. The molecule has 3 aromatic heterocycles. The molecular weight excluding hydrogens is 340 g/mol. The first-order valence-electron chi connectivity index (χ1n) is 9.24. The molecule has 1 aromatic carbocycles. The summed E-state index contributed by atoms with van der Waals surface area (Å²) in [5.74, 6) is 1.04. The maximum absolute atomic E-state index is 12.8. The zero-order chi connectivity index (χ0) is 18.4. The third-order valence-electron chi connectivity index (χ3n) is 5.46. The third kappa shape index (κ3) is 2.66. The molecule has 1 saturated heterocycles. The Morgan fingerprint density at radius 2 is 2.00 bits per heavy atom. The van der Waals surface area contributed by atoms with Gasteiger partial charge in [0, 0.05) is 42.1 Å².